The van der Waals surface area contributed by atoms with E-state index in [1.54, 1.807) is 48.3 Å². The first-order chi connectivity index (χ1) is 15.5. The minimum Gasteiger partial charge on any atom is -0.497 e. The predicted molar refractivity (Wildman–Crippen MR) is 123 cm³/mol. The molecule has 0 radical (unpaired) electrons. The Morgan fingerprint density at radius 2 is 1.84 bits per heavy atom. The number of benzene rings is 1. The van der Waals surface area contributed by atoms with Crippen molar-refractivity contribution in [2.45, 2.75) is 19.9 Å². The second-order valence-electron chi connectivity index (χ2n) is 7.43. The number of carbonyl (C=O) groups is 2. The van der Waals surface area contributed by atoms with E-state index in [-0.39, 0.29) is 18.4 Å². The van der Waals surface area contributed by atoms with Crippen molar-refractivity contribution in [1.82, 2.24) is 14.4 Å². The van der Waals surface area contributed by atoms with E-state index in [4.69, 9.17) is 14.2 Å². The molecule has 176 valence electrons. The van der Waals surface area contributed by atoms with Crippen LogP contribution in [0.3, 0.4) is 0 Å². The first-order valence-electron chi connectivity index (χ1n) is 10.9. The molecule has 32 heavy (non-hydrogen) atoms. The Labute approximate surface area is 190 Å². The number of ether oxygens (including phenoxy) is 3. The number of aromatic nitrogens is 1. The summed E-state index contributed by atoms with van der Waals surface area (Å²) in [7, 11) is 5.11. The van der Waals surface area contributed by atoms with Crippen LogP contribution in [0.5, 0.6) is 5.75 Å². The van der Waals surface area contributed by atoms with Crippen LogP contribution in [0.4, 0.5) is 0 Å². The smallest absolute Gasteiger partial charge is 0.254 e. The lowest BCUT2D eigenvalue weighted by Gasteiger charge is -2.28. The molecule has 0 saturated heterocycles. The van der Waals surface area contributed by atoms with E-state index in [9.17, 15) is 9.59 Å². The van der Waals surface area contributed by atoms with Crippen LogP contribution in [0.2, 0.25) is 0 Å². The molecule has 0 atom stereocenters. The zero-order valence-corrected chi connectivity index (χ0v) is 19.6. The van der Waals surface area contributed by atoms with Crippen molar-refractivity contribution < 1.29 is 23.8 Å². The Morgan fingerprint density at radius 1 is 1.03 bits per heavy atom. The Bertz CT molecular complexity index is 852. The highest BCUT2D eigenvalue weighted by atomic mass is 16.5. The monoisotopic (exact) mass is 445 g/mol. The van der Waals surface area contributed by atoms with Crippen molar-refractivity contribution >= 4 is 11.8 Å². The fourth-order valence-electron chi connectivity index (χ4n) is 3.31. The van der Waals surface area contributed by atoms with Gasteiger partial charge in [-0.15, -0.1) is 0 Å². The summed E-state index contributed by atoms with van der Waals surface area (Å²) in [6.45, 7) is 4.80. The standard InChI is InChI=1S/C24H35N3O5/c1-5-32-15-8-13-27(24(29)20-9-6-11-22(17-20)31-4)19-23(28)26(14-16-30-3)18-21-10-7-12-25(21)2/h6-7,9-12,17H,5,8,13-16,18-19H2,1-4H3. The maximum absolute atomic E-state index is 13.3. The van der Waals surface area contributed by atoms with Gasteiger partial charge in [-0.05, 0) is 43.7 Å². The van der Waals surface area contributed by atoms with Crippen molar-refractivity contribution in [1.29, 1.82) is 0 Å². The molecule has 0 aliphatic rings. The number of nitrogens with zero attached hydrogens (tertiary/aromatic N) is 3. The van der Waals surface area contributed by atoms with Crippen LogP contribution in [-0.4, -0.2) is 79.9 Å². The van der Waals surface area contributed by atoms with Crippen LogP contribution in [0.15, 0.2) is 42.6 Å². The number of aryl methyl sites for hydroxylation is 1. The van der Waals surface area contributed by atoms with Gasteiger partial charge < -0.3 is 28.6 Å². The summed E-state index contributed by atoms with van der Waals surface area (Å²) < 4.78 is 17.9. The summed E-state index contributed by atoms with van der Waals surface area (Å²) in [4.78, 5) is 29.8. The molecule has 2 rings (SSSR count). The quantitative estimate of drug-likeness (QED) is 0.418. The van der Waals surface area contributed by atoms with Gasteiger partial charge in [0.2, 0.25) is 5.91 Å². The van der Waals surface area contributed by atoms with Gasteiger partial charge in [0.25, 0.3) is 5.91 Å². The second-order valence-corrected chi connectivity index (χ2v) is 7.43. The van der Waals surface area contributed by atoms with Crippen molar-refractivity contribution in [3.05, 3.63) is 53.9 Å². The third kappa shape index (κ3) is 7.69. The molecule has 8 heteroatoms. The first kappa shape index (κ1) is 25.4. The summed E-state index contributed by atoms with van der Waals surface area (Å²) in [6.07, 6.45) is 2.59. The lowest BCUT2D eigenvalue weighted by Crippen LogP contribution is -2.44. The van der Waals surface area contributed by atoms with Crippen LogP contribution < -0.4 is 4.74 Å². The lowest BCUT2D eigenvalue weighted by molar-refractivity contribution is -0.133. The largest absolute Gasteiger partial charge is 0.497 e. The van der Waals surface area contributed by atoms with Gasteiger partial charge in [0, 0.05) is 57.9 Å². The Morgan fingerprint density at radius 3 is 2.50 bits per heavy atom. The van der Waals surface area contributed by atoms with Crippen molar-refractivity contribution in [3.63, 3.8) is 0 Å². The zero-order chi connectivity index (χ0) is 23.3. The highest BCUT2D eigenvalue weighted by Gasteiger charge is 2.23. The van der Waals surface area contributed by atoms with Crippen LogP contribution in [0, 0.1) is 0 Å². The summed E-state index contributed by atoms with van der Waals surface area (Å²) in [6, 6.07) is 10.9. The van der Waals surface area contributed by atoms with Gasteiger partial charge in [0.15, 0.2) is 0 Å². The summed E-state index contributed by atoms with van der Waals surface area (Å²) >= 11 is 0. The third-order valence-corrected chi connectivity index (χ3v) is 5.17. The van der Waals surface area contributed by atoms with Crippen LogP contribution in [0.25, 0.3) is 0 Å². The van der Waals surface area contributed by atoms with Gasteiger partial charge in [-0.2, -0.15) is 0 Å². The molecule has 0 N–H and O–H groups in total. The number of amides is 2. The molecule has 0 spiro atoms. The molecular formula is C24H35N3O5. The summed E-state index contributed by atoms with van der Waals surface area (Å²) in [5.41, 5.74) is 1.50. The van der Waals surface area contributed by atoms with E-state index < -0.39 is 0 Å². The van der Waals surface area contributed by atoms with Crippen molar-refractivity contribution in [2.24, 2.45) is 7.05 Å². The number of hydrogen-bond acceptors (Lipinski definition) is 5. The molecular weight excluding hydrogens is 410 g/mol. The maximum atomic E-state index is 13.3. The van der Waals surface area contributed by atoms with E-state index in [1.807, 2.05) is 36.9 Å². The molecule has 0 bridgehead atoms. The Hall–Kier alpha value is -2.84. The van der Waals surface area contributed by atoms with Gasteiger partial charge in [-0.25, -0.2) is 0 Å². The topological polar surface area (TPSA) is 73.2 Å². The molecule has 0 aliphatic heterocycles. The van der Waals surface area contributed by atoms with E-state index in [0.29, 0.717) is 57.2 Å². The van der Waals surface area contributed by atoms with Crippen LogP contribution >= 0.6 is 0 Å². The zero-order valence-electron chi connectivity index (χ0n) is 19.6. The lowest BCUT2D eigenvalue weighted by atomic mass is 10.1. The highest BCUT2D eigenvalue weighted by molar-refractivity contribution is 5.96. The van der Waals surface area contributed by atoms with Crippen LogP contribution in [-0.2, 0) is 27.9 Å². The van der Waals surface area contributed by atoms with Crippen LogP contribution in [0.1, 0.15) is 29.4 Å². The van der Waals surface area contributed by atoms with E-state index in [0.717, 1.165) is 5.69 Å². The average Bonchev–Trinajstić information content (AvgIpc) is 3.22. The number of carbonyl (C=O) groups excluding carboxylic acids is 2. The van der Waals surface area contributed by atoms with E-state index in [2.05, 4.69) is 0 Å². The fraction of sp³-hybridized carbons (Fsp3) is 0.500. The van der Waals surface area contributed by atoms with Gasteiger partial charge >= 0.3 is 0 Å². The molecule has 8 nitrogen and oxygen atoms in total. The fourth-order valence-corrected chi connectivity index (χ4v) is 3.31. The maximum Gasteiger partial charge on any atom is 0.254 e. The molecule has 2 aromatic rings. The third-order valence-electron chi connectivity index (χ3n) is 5.17. The molecule has 0 fully saturated rings. The molecule has 1 aromatic heterocycles. The summed E-state index contributed by atoms with van der Waals surface area (Å²) in [5.74, 6) is 0.261. The molecule has 0 unspecified atom stereocenters. The number of rotatable bonds is 14. The normalized spacial score (nSPS) is 10.8. The molecule has 1 aromatic carbocycles. The predicted octanol–water partition coefficient (Wildman–Crippen LogP) is 2.58. The highest BCUT2D eigenvalue weighted by Crippen LogP contribution is 2.15. The molecule has 2 amide bonds. The van der Waals surface area contributed by atoms with Crippen molar-refractivity contribution in [3.8, 4) is 5.75 Å². The minimum atomic E-state index is -0.209. The molecule has 1 heterocycles. The Balaban J connectivity index is 2.17. The second kappa shape index (κ2) is 13.5. The average molecular weight is 446 g/mol. The van der Waals surface area contributed by atoms with E-state index in [1.165, 1.54) is 0 Å². The Kier molecular flexibility index (Phi) is 10.8. The number of hydrogen-bond donors (Lipinski definition) is 0. The molecule has 0 saturated carbocycles. The number of methoxy groups -OCH3 is 2. The minimum absolute atomic E-state index is 0.0176. The van der Waals surface area contributed by atoms with E-state index >= 15 is 0 Å². The van der Waals surface area contributed by atoms with Crippen molar-refractivity contribution in [2.75, 3.05) is 53.7 Å². The van der Waals surface area contributed by atoms with Gasteiger partial charge in [0.1, 0.15) is 12.3 Å². The SMILES string of the molecule is CCOCCCN(CC(=O)N(CCOC)Cc1cccn1C)C(=O)c1cccc(OC)c1. The van der Waals surface area contributed by atoms with Gasteiger partial charge in [0.05, 0.1) is 20.3 Å². The first-order valence-corrected chi connectivity index (χ1v) is 10.9. The van der Waals surface area contributed by atoms with Gasteiger partial charge in [-0.1, -0.05) is 6.07 Å². The summed E-state index contributed by atoms with van der Waals surface area (Å²) in [5, 5.41) is 0. The molecule has 0 aliphatic carbocycles. The van der Waals surface area contributed by atoms with Gasteiger partial charge in [-0.3, -0.25) is 9.59 Å².